The molecule has 0 spiro atoms. The highest BCUT2D eigenvalue weighted by Gasteiger charge is 2.45. The molecule has 10 heterocycles. The van der Waals surface area contributed by atoms with Crippen molar-refractivity contribution in [3.63, 3.8) is 0 Å². The smallest absolute Gasteiger partial charge is 0.440 e. The van der Waals surface area contributed by atoms with Crippen LogP contribution in [0.1, 0.15) is 38.3 Å². The van der Waals surface area contributed by atoms with Crippen LogP contribution in [0.3, 0.4) is 0 Å². The number of carbonyl (C=O) groups is 4. The van der Waals surface area contributed by atoms with Crippen molar-refractivity contribution in [2.45, 2.75) is 46.1 Å². The normalized spacial score (nSPS) is 18.1. The number of nitrogens with one attached hydrogen (secondary N) is 4. The molecule has 85 heavy (non-hydrogen) atoms. The number of pyridine rings is 2. The number of β-lactam (4-membered cyclic amide) rings is 2. The fourth-order valence-corrected chi connectivity index (χ4v) is 18.1. The van der Waals surface area contributed by atoms with Gasteiger partial charge in [0.15, 0.2) is 45.1 Å². The quantitative estimate of drug-likeness (QED) is 0.0142. The standard InChI is InChI=1S/2C16H13N3O3S3.C12H22N10O9P2S2/c2*1-18-4-2-9(3-5-18)10-7-24-16(17-10)25-11-8-23-13-6-12(20)19(13)14(11)15(21)22;1-3-29-17-7(5-13-23)9-15-11(34-21-9)19-32(25,26)31-33(27,28)20-12-16-10(22-35-12)8(6-14-24)18-30-4-2/h2*2-5,7,13H,6,8H2,1H3;13-14,23-24H,3-6H2,1-2H3,(H2,15,19,21,25,26)(H2,16,20,22,27,28)/b;;17-7+,18-8+/t2*13-;/m11./s1. The third kappa shape index (κ3) is 17.2. The van der Waals surface area contributed by atoms with E-state index in [0.29, 0.717) is 57.2 Å². The summed E-state index contributed by atoms with van der Waals surface area (Å²) in [5.41, 5.74) is 7.61. The molecule has 2 unspecified atom stereocenters. The number of carboxylic acids is 2. The van der Waals surface area contributed by atoms with Crippen LogP contribution in [0.5, 0.6) is 0 Å². The number of amides is 2. The van der Waals surface area contributed by atoms with Crippen LogP contribution in [0.25, 0.3) is 22.5 Å². The average molecular weight is 1360 g/mol. The van der Waals surface area contributed by atoms with Gasteiger partial charge in [-0.25, -0.2) is 28.2 Å². The third-order valence-corrected chi connectivity index (χ3v) is 22.3. The van der Waals surface area contributed by atoms with Gasteiger partial charge in [-0.2, -0.15) is 34.0 Å². The molecule has 41 heteroatoms. The Morgan fingerprint density at radius 3 is 1.42 bits per heavy atom. The Bertz CT molecular complexity index is 3410. The lowest BCUT2D eigenvalue weighted by Gasteiger charge is -2.45. The topological polar surface area (TPSA) is 422 Å². The number of carbonyl (C=O) groups excluding carboxylic acids is 4. The van der Waals surface area contributed by atoms with E-state index in [1.807, 2.05) is 104 Å². The maximum atomic E-state index is 12.4. The summed E-state index contributed by atoms with van der Waals surface area (Å²) < 4.78 is 42.4. The van der Waals surface area contributed by atoms with Crippen molar-refractivity contribution >= 4 is 154 Å². The Hall–Kier alpha value is -5.84. The molecule has 0 aromatic carbocycles. The van der Waals surface area contributed by atoms with Gasteiger partial charge in [-0.05, 0) is 13.8 Å². The van der Waals surface area contributed by atoms with Crippen LogP contribution < -0.4 is 40.5 Å². The zero-order valence-electron chi connectivity index (χ0n) is 44.4. The van der Waals surface area contributed by atoms with E-state index >= 15 is 0 Å². The van der Waals surface area contributed by atoms with Crippen LogP contribution in [-0.2, 0) is 56.4 Å². The number of hydrogen-bond acceptors (Lipinski definition) is 31. The number of hydroxylamine groups is 2. The van der Waals surface area contributed by atoms with Gasteiger partial charge in [0.25, 0.3) is 0 Å². The number of aryl methyl sites for hydroxylation is 2. The van der Waals surface area contributed by atoms with Crippen molar-refractivity contribution in [2.75, 3.05) is 48.0 Å². The summed E-state index contributed by atoms with van der Waals surface area (Å²) in [4.78, 5) is 97.3. The lowest BCUT2D eigenvalue weighted by Crippen LogP contribution is -2.55. The van der Waals surface area contributed by atoms with E-state index < -0.39 is 27.4 Å². The van der Waals surface area contributed by atoms with Crippen molar-refractivity contribution in [1.29, 1.82) is 0 Å². The molecule has 8 N–H and O–H groups in total. The number of hydrogen-bond donors (Lipinski definition) is 8. The first kappa shape index (κ1) is 65.1. The molecule has 0 saturated carbocycles. The van der Waals surface area contributed by atoms with Gasteiger partial charge in [-0.1, -0.05) is 33.8 Å². The number of nitrogens with zero attached hydrogens (tertiary/aromatic N) is 12. The maximum absolute atomic E-state index is 12.4. The highest BCUT2D eigenvalue weighted by atomic mass is 32.2. The van der Waals surface area contributed by atoms with Gasteiger partial charge in [-0.3, -0.25) is 29.6 Å². The highest BCUT2D eigenvalue weighted by Crippen LogP contribution is 2.58. The first-order valence-electron chi connectivity index (χ1n) is 24.4. The number of thiazole rings is 2. The van der Waals surface area contributed by atoms with Crippen molar-refractivity contribution in [3.8, 4) is 22.5 Å². The summed E-state index contributed by atoms with van der Waals surface area (Å²) in [6.45, 7) is 3.45. The van der Waals surface area contributed by atoms with E-state index in [2.05, 4.69) is 43.3 Å². The van der Waals surface area contributed by atoms with Crippen LogP contribution in [0, 0.1) is 0 Å². The highest BCUT2D eigenvalue weighted by molar-refractivity contribution is 8.07. The van der Waals surface area contributed by atoms with Gasteiger partial charge in [0.1, 0.15) is 38.7 Å². The van der Waals surface area contributed by atoms with Crippen molar-refractivity contribution in [1.82, 2.24) is 49.4 Å². The van der Waals surface area contributed by atoms with E-state index in [9.17, 15) is 48.3 Å². The summed E-state index contributed by atoms with van der Waals surface area (Å²) in [6.07, 6.45) is 8.59. The van der Waals surface area contributed by atoms with Gasteiger partial charge >= 0.3 is 15.5 Å². The molecule has 4 aliphatic heterocycles. The molecule has 10 rings (SSSR count). The summed E-state index contributed by atoms with van der Waals surface area (Å²) in [7, 11) is -6.00. The number of anilines is 2. The first-order valence-corrected chi connectivity index (χ1v) is 34.5. The minimum Gasteiger partial charge on any atom is -0.543 e. The molecule has 2 amide bonds. The number of rotatable bonds is 24. The Morgan fingerprint density at radius 2 is 1.08 bits per heavy atom. The van der Waals surface area contributed by atoms with E-state index in [1.165, 1.54) is 56.0 Å². The average Bonchev–Trinajstić information content (AvgIpc) is 2.00. The number of fused-ring (bicyclic) bond motifs is 2. The number of carboxylic acid groups (broad SMARTS) is 2. The van der Waals surface area contributed by atoms with Crippen LogP contribution in [0.2, 0.25) is 0 Å². The van der Waals surface area contributed by atoms with Crippen LogP contribution >= 0.6 is 108 Å². The molecular formula is C44H48N16O15P2S8. The van der Waals surface area contributed by atoms with Gasteiger partial charge < -0.3 is 49.7 Å². The van der Waals surface area contributed by atoms with Crippen LogP contribution in [0.15, 0.2) is 100 Å². The Morgan fingerprint density at radius 1 is 0.694 bits per heavy atom. The summed E-state index contributed by atoms with van der Waals surface area (Å²) in [5.74, 6) is -1.89. The molecule has 6 aromatic heterocycles. The van der Waals surface area contributed by atoms with Crippen LogP contribution in [0.4, 0.5) is 10.3 Å². The van der Waals surface area contributed by atoms with E-state index in [0.717, 1.165) is 31.2 Å². The Kier molecular flexibility index (Phi) is 22.8. The number of aromatic nitrogens is 8. The summed E-state index contributed by atoms with van der Waals surface area (Å²) >= 11 is 9.93. The zero-order valence-corrected chi connectivity index (χ0v) is 52.7. The molecule has 0 aliphatic carbocycles. The number of oxime groups is 2. The lowest BCUT2D eigenvalue weighted by atomic mass is 10.1. The molecule has 31 nitrogen and oxygen atoms in total. The SMILES string of the molecule is CCO/N=C(\CNO)c1nsc(NP(=O)(O)OP(=O)(O)Nc2nc(/C(CNO)=N/OCC)ns2)n1.C[n+]1ccc(-c2csc(SC3=C(C(=O)[O-])N4C(=O)C[C@H]4SC3)n2)cc1.C[n+]1ccc(-c2csc(SC3=C(C(=O)[O-])N4C(=O)C[C@H]4SC3)n2)cc1. The second-order valence-corrected chi connectivity index (χ2v) is 28.5. The second-order valence-electron chi connectivity index (χ2n) is 17.1. The number of thioether (sulfide) groups is 4. The fourth-order valence-electron chi connectivity index (χ4n) is 7.28. The van der Waals surface area contributed by atoms with E-state index in [-0.39, 0.29) is 93.6 Å². The molecular weight excluding hydrogens is 1310 g/mol. The maximum Gasteiger partial charge on any atom is 0.440 e. The van der Waals surface area contributed by atoms with Gasteiger partial charge in [0.2, 0.25) is 22.1 Å². The van der Waals surface area contributed by atoms with Gasteiger partial charge in [0.05, 0.1) is 71.4 Å². The van der Waals surface area contributed by atoms with Crippen LogP contribution in [-0.4, -0.2) is 142 Å². The molecule has 2 saturated heterocycles. The van der Waals surface area contributed by atoms with Crippen molar-refractivity contribution in [2.24, 2.45) is 24.4 Å². The lowest BCUT2D eigenvalue weighted by molar-refractivity contribution is -0.671. The van der Waals surface area contributed by atoms with Gasteiger partial charge in [-0.15, -0.1) is 46.2 Å². The van der Waals surface area contributed by atoms with Gasteiger partial charge in [0, 0.05) is 90.5 Å². The molecule has 452 valence electrons. The molecule has 2 fully saturated rings. The minimum absolute atomic E-state index is 0.00786. The predicted octanol–water partition coefficient (Wildman–Crippen LogP) is 2.56. The largest absolute Gasteiger partial charge is 0.543 e. The Labute approximate surface area is 515 Å². The number of aliphatic carboxylic acids is 2. The Balaban J connectivity index is 0.000000169. The van der Waals surface area contributed by atoms with E-state index in [1.54, 1.807) is 37.4 Å². The van der Waals surface area contributed by atoms with Crippen molar-refractivity contribution in [3.05, 3.63) is 92.7 Å². The molecule has 4 atom stereocenters. The van der Waals surface area contributed by atoms with Crippen molar-refractivity contribution < 1.29 is 81.8 Å². The fraction of sp³-hybridized carbons (Fsp3) is 0.318. The predicted molar refractivity (Wildman–Crippen MR) is 312 cm³/mol. The summed E-state index contributed by atoms with van der Waals surface area (Å²) in [5, 5.41) is 55.5. The molecule has 6 aromatic rings. The monoisotopic (exact) mass is 1360 g/mol. The third-order valence-electron chi connectivity index (χ3n) is 11.1. The van der Waals surface area contributed by atoms with E-state index in [4.69, 9.17) is 20.1 Å². The minimum atomic E-state index is -4.95. The molecule has 4 aliphatic rings. The summed E-state index contributed by atoms with van der Waals surface area (Å²) in [6, 6.07) is 7.93. The molecule has 0 bridgehead atoms. The zero-order chi connectivity index (χ0) is 61.0. The molecule has 0 radical (unpaired) electrons. The second kappa shape index (κ2) is 29.7. The first-order chi connectivity index (χ1) is 40.7.